The standard InChI is InChI=1S/C43H66O17/c1-17-10-28(47)43(55-14-17)18(2)30-27(60-43)13-24-22-7-6-20-11-21(44)12-29(42(20,5)23(22)8-9-41(24,30)4)57-40-37(59-39-35(52)33(50)31(48)19(3)56-39)36(26(46)16-54-40)58-38-34(51)32(49)25(45)15-53-38/h6,18-19,21-40,44-52H,1,7-16H2,2-5H3. The van der Waals surface area contributed by atoms with E-state index < -0.39 is 109 Å². The minimum Gasteiger partial charge on any atom is -0.393 e. The second kappa shape index (κ2) is 16.0. The Hall–Kier alpha value is -1.20. The zero-order chi connectivity index (χ0) is 42.8. The van der Waals surface area contributed by atoms with E-state index in [-0.39, 0.29) is 54.8 Å². The summed E-state index contributed by atoms with van der Waals surface area (Å²) in [7, 11) is 0. The van der Waals surface area contributed by atoms with Gasteiger partial charge in [-0.05, 0) is 73.7 Å². The lowest BCUT2D eigenvalue weighted by Gasteiger charge is -2.60. The molecule has 5 saturated heterocycles. The molecule has 9 rings (SSSR count). The first-order valence-electron chi connectivity index (χ1n) is 22.0. The van der Waals surface area contributed by atoms with Gasteiger partial charge in [-0.2, -0.15) is 0 Å². The van der Waals surface area contributed by atoms with Gasteiger partial charge in [0, 0.05) is 24.2 Å². The van der Waals surface area contributed by atoms with Gasteiger partial charge in [-0.1, -0.05) is 39.0 Å². The summed E-state index contributed by atoms with van der Waals surface area (Å²) in [4.78, 5) is 0. The van der Waals surface area contributed by atoms with Crippen LogP contribution in [0.15, 0.2) is 23.8 Å². The summed E-state index contributed by atoms with van der Waals surface area (Å²) in [5.74, 6) is -0.162. The Morgan fingerprint density at radius 3 is 2.20 bits per heavy atom. The molecule has 9 N–H and O–H groups in total. The molecular formula is C43H66O17. The van der Waals surface area contributed by atoms with Crippen LogP contribution in [-0.2, 0) is 37.9 Å². The van der Waals surface area contributed by atoms with Gasteiger partial charge in [0.2, 0.25) is 0 Å². The number of ether oxygens (including phenoxy) is 8. The molecule has 25 unspecified atom stereocenters. The van der Waals surface area contributed by atoms with E-state index >= 15 is 0 Å². The van der Waals surface area contributed by atoms with Crippen LogP contribution in [0.1, 0.15) is 72.6 Å². The summed E-state index contributed by atoms with van der Waals surface area (Å²) in [6.45, 7) is 12.0. The molecule has 4 aliphatic carbocycles. The topological polar surface area (TPSA) is 256 Å². The van der Waals surface area contributed by atoms with Gasteiger partial charge in [0.25, 0.3) is 0 Å². The first-order chi connectivity index (χ1) is 28.4. The molecule has 8 fully saturated rings. The van der Waals surface area contributed by atoms with Crippen LogP contribution in [0, 0.1) is 40.4 Å². The fourth-order valence-electron chi connectivity index (χ4n) is 13.5. The monoisotopic (exact) mass is 854 g/mol. The van der Waals surface area contributed by atoms with E-state index in [1.54, 1.807) is 0 Å². The van der Waals surface area contributed by atoms with Crippen molar-refractivity contribution in [2.75, 3.05) is 19.8 Å². The van der Waals surface area contributed by atoms with Crippen LogP contribution in [0.5, 0.6) is 0 Å². The largest absolute Gasteiger partial charge is 0.393 e. The maximum atomic E-state index is 11.4. The van der Waals surface area contributed by atoms with E-state index in [0.29, 0.717) is 25.4 Å². The lowest BCUT2D eigenvalue weighted by molar-refractivity contribution is -0.382. The quantitative estimate of drug-likeness (QED) is 0.151. The van der Waals surface area contributed by atoms with Crippen LogP contribution < -0.4 is 0 Å². The Labute approximate surface area is 350 Å². The molecule has 1 spiro atoms. The maximum Gasteiger partial charge on any atom is 0.198 e. The molecule has 0 aromatic rings. The van der Waals surface area contributed by atoms with Crippen LogP contribution in [0.25, 0.3) is 0 Å². The van der Waals surface area contributed by atoms with Gasteiger partial charge in [-0.15, -0.1) is 0 Å². The van der Waals surface area contributed by atoms with Gasteiger partial charge in [0.15, 0.2) is 24.7 Å². The SMILES string of the molecule is C=C1COC2(OC3CC4C5CC=C6CC(O)CC(OC7OCC(O)C(OC8OCC(O)C(O)C8O)C7OC7OC(C)C(O)C(O)C7O)C6(C)C5CCC4(C)C3C2C)C(O)C1. The normalized spacial score (nSPS) is 58.0. The summed E-state index contributed by atoms with van der Waals surface area (Å²) in [6.07, 6.45) is -14.3. The Morgan fingerprint density at radius 1 is 0.750 bits per heavy atom. The number of fused-ring (bicyclic) bond motifs is 7. The van der Waals surface area contributed by atoms with Crippen molar-refractivity contribution in [2.24, 2.45) is 40.4 Å². The summed E-state index contributed by atoms with van der Waals surface area (Å²) in [6, 6.07) is 0. The van der Waals surface area contributed by atoms with E-state index in [2.05, 4.69) is 33.4 Å². The number of aliphatic hydroxyl groups is 9. The van der Waals surface area contributed by atoms with Crippen molar-refractivity contribution in [1.82, 2.24) is 0 Å². The maximum absolute atomic E-state index is 11.4. The van der Waals surface area contributed by atoms with Crippen molar-refractivity contribution in [3.8, 4) is 0 Å². The Kier molecular flexibility index (Phi) is 11.8. The van der Waals surface area contributed by atoms with Gasteiger partial charge in [-0.3, -0.25) is 0 Å². The predicted octanol–water partition coefficient (Wildman–Crippen LogP) is -0.646. The molecule has 3 saturated carbocycles. The van der Waals surface area contributed by atoms with Crippen molar-refractivity contribution in [3.05, 3.63) is 23.8 Å². The molecule has 0 aromatic carbocycles. The number of hydrogen-bond acceptors (Lipinski definition) is 17. The Bertz CT molecular complexity index is 1630. The van der Waals surface area contributed by atoms with Crippen molar-refractivity contribution >= 4 is 0 Å². The summed E-state index contributed by atoms with van der Waals surface area (Å²) in [5, 5.41) is 97.5. The third kappa shape index (κ3) is 6.84. The van der Waals surface area contributed by atoms with Gasteiger partial charge in [0.05, 0.1) is 44.2 Å². The highest BCUT2D eigenvalue weighted by atomic mass is 16.8. The molecule has 17 nitrogen and oxygen atoms in total. The van der Waals surface area contributed by atoms with Crippen molar-refractivity contribution in [1.29, 1.82) is 0 Å². The van der Waals surface area contributed by atoms with E-state index in [9.17, 15) is 46.0 Å². The van der Waals surface area contributed by atoms with Crippen LogP contribution in [0.2, 0.25) is 0 Å². The predicted molar refractivity (Wildman–Crippen MR) is 205 cm³/mol. The molecule has 60 heavy (non-hydrogen) atoms. The lowest BCUT2D eigenvalue weighted by Crippen LogP contribution is -2.65. The van der Waals surface area contributed by atoms with Crippen LogP contribution in [0.4, 0.5) is 0 Å². The number of rotatable bonds is 6. The number of aliphatic hydroxyl groups excluding tert-OH is 9. The van der Waals surface area contributed by atoms with Gasteiger partial charge in [0.1, 0.15) is 61.0 Å². The van der Waals surface area contributed by atoms with E-state index in [1.165, 1.54) is 6.92 Å². The summed E-state index contributed by atoms with van der Waals surface area (Å²) < 4.78 is 50.1. The lowest BCUT2D eigenvalue weighted by atomic mass is 9.46. The molecule has 9 aliphatic rings. The molecule has 0 aromatic heterocycles. The van der Waals surface area contributed by atoms with E-state index in [1.807, 2.05) is 0 Å². The Balaban J connectivity index is 0.995. The molecular weight excluding hydrogens is 788 g/mol. The molecule has 5 aliphatic heterocycles. The minimum absolute atomic E-state index is 0.0262. The molecule has 25 atom stereocenters. The molecule has 340 valence electrons. The van der Waals surface area contributed by atoms with Crippen LogP contribution in [-0.4, -0.2) is 176 Å². The summed E-state index contributed by atoms with van der Waals surface area (Å²) >= 11 is 0. The highest BCUT2D eigenvalue weighted by Crippen LogP contribution is 2.71. The van der Waals surface area contributed by atoms with Crippen LogP contribution >= 0.6 is 0 Å². The highest BCUT2D eigenvalue weighted by molar-refractivity contribution is 5.29. The van der Waals surface area contributed by atoms with Gasteiger partial charge in [-0.25, -0.2) is 0 Å². The third-order valence-corrected chi connectivity index (χ3v) is 16.7. The average Bonchev–Trinajstić information content (AvgIpc) is 3.67. The van der Waals surface area contributed by atoms with Crippen LogP contribution in [0.3, 0.4) is 0 Å². The second-order valence-electron chi connectivity index (χ2n) is 20.0. The fraction of sp³-hybridized carbons (Fsp3) is 0.907. The smallest absolute Gasteiger partial charge is 0.198 e. The molecule has 5 heterocycles. The fourth-order valence-corrected chi connectivity index (χ4v) is 13.5. The van der Waals surface area contributed by atoms with E-state index in [0.717, 1.165) is 36.8 Å². The molecule has 0 amide bonds. The number of allylic oxidation sites excluding steroid dienone is 1. The Morgan fingerprint density at radius 2 is 1.45 bits per heavy atom. The van der Waals surface area contributed by atoms with Crippen molar-refractivity contribution < 1.29 is 83.9 Å². The first kappa shape index (κ1) is 44.0. The van der Waals surface area contributed by atoms with Crippen molar-refractivity contribution in [3.63, 3.8) is 0 Å². The van der Waals surface area contributed by atoms with Gasteiger partial charge < -0.3 is 83.9 Å². The van der Waals surface area contributed by atoms with Gasteiger partial charge >= 0.3 is 0 Å². The average molecular weight is 855 g/mol. The zero-order valence-corrected chi connectivity index (χ0v) is 34.8. The number of hydrogen-bond donors (Lipinski definition) is 9. The molecule has 17 heteroatoms. The molecule has 0 bridgehead atoms. The van der Waals surface area contributed by atoms with E-state index in [4.69, 9.17) is 37.9 Å². The zero-order valence-electron chi connectivity index (χ0n) is 34.8. The molecule has 0 radical (unpaired) electrons. The third-order valence-electron chi connectivity index (χ3n) is 16.7. The summed E-state index contributed by atoms with van der Waals surface area (Å²) in [5.41, 5.74) is 1.31. The highest BCUT2D eigenvalue weighted by Gasteiger charge is 2.71. The first-order valence-corrected chi connectivity index (χ1v) is 22.0. The van der Waals surface area contributed by atoms with Crippen molar-refractivity contribution in [2.45, 2.75) is 183 Å². The second-order valence-corrected chi connectivity index (χ2v) is 20.0. The minimum atomic E-state index is -1.73.